The highest BCUT2D eigenvalue weighted by atomic mass is 79.9. The molecule has 0 radical (unpaired) electrons. The van der Waals surface area contributed by atoms with Crippen molar-refractivity contribution < 1.29 is 0 Å². The van der Waals surface area contributed by atoms with Crippen molar-refractivity contribution in [3.63, 3.8) is 0 Å². The summed E-state index contributed by atoms with van der Waals surface area (Å²) in [6, 6.07) is 9.48. The van der Waals surface area contributed by atoms with Gasteiger partial charge in [-0.1, -0.05) is 45.9 Å². The lowest BCUT2D eigenvalue weighted by Crippen LogP contribution is -2.24. The second kappa shape index (κ2) is 5.01. The summed E-state index contributed by atoms with van der Waals surface area (Å²) in [5.41, 5.74) is 1.04. The van der Waals surface area contributed by atoms with Crippen molar-refractivity contribution >= 4 is 27.0 Å². The van der Waals surface area contributed by atoms with Gasteiger partial charge in [0.25, 0.3) is 5.56 Å². The molecule has 2 aromatic heterocycles. The number of benzene rings is 1. The summed E-state index contributed by atoms with van der Waals surface area (Å²) in [4.78, 5) is 12.3. The Hall–Kier alpha value is -2.28. The summed E-state index contributed by atoms with van der Waals surface area (Å²) >= 11 is 3.21. The number of para-hydroxylation sites is 1. The van der Waals surface area contributed by atoms with Gasteiger partial charge in [-0.3, -0.25) is 4.79 Å². The molecule has 6 nitrogen and oxygen atoms in total. The van der Waals surface area contributed by atoms with Crippen molar-refractivity contribution in [1.29, 1.82) is 0 Å². The second-order valence-electron chi connectivity index (χ2n) is 4.20. The zero-order valence-electron chi connectivity index (χ0n) is 10.4. The first kappa shape index (κ1) is 12.7. The minimum absolute atomic E-state index is 0.238. The SMILES string of the molecule is C=C(Br)Cn1nnc2c(cnn2-c2ccccc2)c1=O. The zero-order chi connectivity index (χ0) is 14.1. The number of halogens is 1. The van der Waals surface area contributed by atoms with Crippen molar-refractivity contribution in [3.05, 3.63) is 57.9 Å². The predicted octanol–water partition coefficient (Wildman–Crippen LogP) is 1.89. The molecule has 2 heterocycles. The highest BCUT2D eigenvalue weighted by Crippen LogP contribution is 2.12. The quantitative estimate of drug-likeness (QED) is 0.735. The van der Waals surface area contributed by atoms with Crippen molar-refractivity contribution in [1.82, 2.24) is 24.8 Å². The Labute approximate surface area is 122 Å². The van der Waals surface area contributed by atoms with E-state index in [2.05, 4.69) is 37.9 Å². The maximum Gasteiger partial charge on any atom is 0.281 e. The molecule has 0 spiro atoms. The smallest absolute Gasteiger partial charge is 0.267 e. The molecule has 0 aliphatic carbocycles. The molecule has 0 aliphatic rings. The normalized spacial score (nSPS) is 10.8. The van der Waals surface area contributed by atoms with Crippen LogP contribution in [0.5, 0.6) is 0 Å². The minimum Gasteiger partial charge on any atom is -0.267 e. The Morgan fingerprint density at radius 2 is 2.05 bits per heavy atom. The summed E-state index contributed by atoms with van der Waals surface area (Å²) in [5.74, 6) is 0. The molecule has 1 aromatic carbocycles. The fourth-order valence-electron chi connectivity index (χ4n) is 1.89. The number of fused-ring (bicyclic) bond motifs is 1. The van der Waals surface area contributed by atoms with Gasteiger partial charge >= 0.3 is 0 Å². The van der Waals surface area contributed by atoms with Gasteiger partial charge in [-0.15, -0.1) is 5.10 Å². The molecule has 0 amide bonds. The number of rotatable bonds is 3. The van der Waals surface area contributed by atoms with Gasteiger partial charge < -0.3 is 0 Å². The maximum atomic E-state index is 12.3. The number of nitrogens with zero attached hydrogens (tertiary/aromatic N) is 5. The number of aromatic nitrogens is 5. The van der Waals surface area contributed by atoms with Gasteiger partial charge in [-0.25, -0.2) is 9.36 Å². The standard InChI is InChI=1S/C13H10BrN5O/c1-9(14)8-18-13(20)11-7-15-19(12(11)16-17-18)10-5-3-2-4-6-10/h2-7H,1,8H2. The maximum absolute atomic E-state index is 12.3. The molecule has 20 heavy (non-hydrogen) atoms. The topological polar surface area (TPSA) is 65.6 Å². The third kappa shape index (κ3) is 2.16. The summed E-state index contributed by atoms with van der Waals surface area (Å²) in [6.45, 7) is 3.97. The van der Waals surface area contributed by atoms with Crippen LogP contribution in [-0.4, -0.2) is 24.8 Å². The number of hydrogen-bond donors (Lipinski definition) is 0. The lowest BCUT2D eigenvalue weighted by molar-refractivity contribution is 0.605. The molecule has 7 heteroatoms. The van der Waals surface area contributed by atoms with Crippen LogP contribution in [-0.2, 0) is 6.54 Å². The third-order valence-electron chi connectivity index (χ3n) is 2.78. The summed E-state index contributed by atoms with van der Waals surface area (Å²) < 4.78 is 3.50. The molecule has 0 atom stereocenters. The van der Waals surface area contributed by atoms with Crippen LogP contribution in [0.4, 0.5) is 0 Å². The Bertz CT molecular complexity index is 837. The fraction of sp³-hybridized carbons (Fsp3) is 0.0769. The van der Waals surface area contributed by atoms with Gasteiger partial charge in [-0.2, -0.15) is 5.10 Å². The molecule has 0 bridgehead atoms. The largest absolute Gasteiger partial charge is 0.281 e. The van der Waals surface area contributed by atoms with Gasteiger partial charge in [0.1, 0.15) is 5.39 Å². The zero-order valence-corrected chi connectivity index (χ0v) is 12.0. The highest BCUT2D eigenvalue weighted by molar-refractivity contribution is 9.11. The van der Waals surface area contributed by atoms with Crippen LogP contribution in [0, 0.1) is 0 Å². The summed E-state index contributed by atoms with van der Waals surface area (Å²) in [6.07, 6.45) is 1.51. The predicted molar refractivity (Wildman–Crippen MR) is 79.0 cm³/mol. The van der Waals surface area contributed by atoms with Crippen LogP contribution in [0.25, 0.3) is 16.7 Å². The molecule has 0 saturated heterocycles. The van der Waals surface area contributed by atoms with E-state index in [1.165, 1.54) is 10.9 Å². The summed E-state index contributed by atoms with van der Waals surface area (Å²) in [7, 11) is 0. The molecule has 100 valence electrons. The molecule has 0 unspecified atom stereocenters. The average Bonchev–Trinajstić information content (AvgIpc) is 2.87. The third-order valence-corrected chi connectivity index (χ3v) is 3.03. The van der Waals surface area contributed by atoms with E-state index in [1.807, 2.05) is 30.3 Å². The van der Waals surface area contributed by atoms with Crippen LogP contribution in [0.3, 0.4) is 0 Å². The van der Waals surface area contributed by atoms with E-state index < -0.39 is 0 Å². The van der Waals surface area contributed by atoms with Crippen molar-refractivity contribution in [2.75, 3.05) is 0 Å². The molecular formula is C13H10BrN5O. The molecule has 3 aromatic rings. The van der Waals surface area contributed by atoms with E-state index >= 15 is 0 Å². The van der Waals surface area contributed by atoms with Gasteiger partial charge in [0.05, 0.1) is 18.4 Å². The van der Waals surface area contributed by atoms with Crippen molar-refractivity contribution in [3.8, 4) is 5.69 Å². The van der Waals surface area contributed by atoms with Crippen LogP contribution >= 0.6 is 15.9 Å². The molecule has 0 saturated carbocycles. The number of allylic oxidation sites excluding steroid dienone is 1. The fourth-order valence-corrected chi connectivity index (χ4v) is 2.13. The second-order valence-corrected chi connectivity index (χ2v) is 5.32. The lowest BCUT2D eigenvalue weighted by atomic mass is 10.3. The monoisotopic (exact) mass is 331 g/mol. The van der Waals surface area contributed by atoms with E-state index in [1.54, 1.807) is 4.68 Å². The summed E-state index contributed by atoms with van der Waals surface area (Å²) in [5, 5.41) is 12.6. The van der Waals surface area contributed by atoms with E-state index in [0.717, 1.165) is 5.69 Å². The van der Waals surface area contributed by atoms with E-state index in [0.29, 0.717) is 15.5 Å². The van der Waals surface area contributed by atoms with Crippen LogP contribution in [0.2, 0.25) is 0 Å². The van der Waals surface area contributed by atoms with Gasteiger partial charge in [0, 0.05) is 4.48 Å². The van der Waals surface area contributed by atoms with Crippen molar-refractivity contribution in [2.45, 2.75) is 6.54 Å². The van der Waals surface area contributed by atoms with Gasteiger partial charge in [-0.05, 0) is 12.1 Å². The van der Waals surface area contributed by atoms with E-state index in [9.17, 15) is 4.79 Å². The molecule has 0 fully saturated rings. The minimum atomic E-state index is -0.238. The first-order chi connectivity index (χ1) is 9.66. The Kier molecular flexibility index (Phi) is 3.19. The van der Waals surface area contributed by atoms with Gasteiger partial charge in [0.15, 0.2) is 5.65 Å². The van der Waals surface area contributed by atoms with E-state index in [-0.39, 0.29) is 12.1 Å². The highest BCUT2D eigenvalue weighted by Gasteiger charge is 2.12. The Balaban J connectivity index is 2.18. The molecular weight excluding hydrogens is 322 g/mol. The van der Waals surface area contributed by atoms with Gasteiger partial charge in [0.2, 0.25) is 0 Å². The first-order valence-corrected chi connectivity index (χ1v) is 6.66. The van der Waals surface area contributed by atoms with Crippen LogP contribution < -0.4 is 5.56 Å². The molecule has 3 rings (SSSR count). The molecule has 0 N–H and O–H groups in total. The lowest BCUT2D eigenvalue weighted by Gasteiger charge is -2.03. The average molecular weight is 332 g/mol. The first-order valence-electron chi connectivity index (χ1n) is 5.87. The number of hydrogen-bond acceptors (Lipinski definition) is 4. The Morgan fingerprint density at radius 3 is 2.75 bits per heavy atom. The van der Waals surface area contributed by atoms with Crippen molar-refractivity contribution in [2.24, 2.45) is 0 Å². The van der Waals surface area contributed by atoms with E-state index in [4.69, 9.17) is 0 Å². The molecule has 0 aliphatic heterocycles. The Morgan fingerprint density at radius 1 is 1.30 bits per heavy atom. The van der Waals surface area contributed by atoms with Crippen LogP contribution in [0.1, 0.15) is 0 Å². The van der Waals surface area contributed by atoms with Crippen LogP contribution in [0.15, 0.2) is 52.4 Å².